The molecule has 0 fully saturated rings. The predicted octanol–water partition coefficient (Wildman–Crippen LogP) is 1.42. The van der Waals surface area contributed by atoms with Crippen molar-refractivity contribution < 1.29 is 14.3 Å². The molecule has 0 saturated heterocycles. The van der Waals surface area contributed by atoms with E-state index in [1.54, 1.807) is 0 Å². The Morgan fingerprint density at radius 2 is 2.36 bits per heavy atom. The minimum Gasteiger partial charge on any atom is -0.428 e. The summed E-state index contributed by atoms with van der Waals surface area (Å²) < 4.78 is 9.85. The summed E-state index contributed by atoms with van der Waals surface area (Å²) in [7, 11) is 0. The molecule has 0 radical (unpaired) electrons. The fraction of sp³-hybridized carbons (Fsp3) is 0.571. The molecule has 3 nitrogen and oxygen atoms in total. The molecule has 0 aromatic rings. The normalized spacial score (nSPS) is 23.8. The first kappa shape index (κ1) is 8.56. The summed E-state index contributed by atoms with van der Waals surface area (Å²) in [6.07, 6.45) is 0.866. The SMILES string of the molecule is CC(C)OC1C=C(Cl)C(=O)O1. The highest BCUT2D eigenvalue weighted by Gasteiger charge is 2.24. The lowest BCUT2D eigenvalue weighted by molar-refractivity contribution is -0.163. The van der Waals surface area contributed by atoms with Crippen molar-refractivity contribution in [1.82, 2.24) is 0 Å². The third-order valence-corrected chi connectivity index (χ3v) is 1.39. The van der Waals surface area contributed by atoms with Gasteiger partial charge in [0.05, 0.1) is 6.10 Å². The maximum absolute atomic E-state index is 10.7. The predicted molar refractivity (Wildman–Crippen MR) is 40.0 cm³/mol. The molecule has 0 saturated carbocycles. The molecular formula is C7H9ClO3. The summed E-state index contributed by atoms with van der Waals surface area (Å²) >= 11 is 5.45. The van der Waals surface area contributed by atoms with Gasteiger partial charge in [-0.05, 0) is 13.8 Å². The van der Waals surface area contributed by atoms with E-state index in [1.165, 1.54) is 6.08 Å². The van der Waals surface area contributed by atoms with Gasteiger partial charge < -0.3 is 9.47 Å². The van der Waals surface area contributed by atoms with E-state index >= 15 is 0 Å². The third kappa shape index (κ3) is 2.20. The number of rotatable bonds is 2. The number of ether oxygens (including phenoxy) is 2. The molecule has 0 aromatic heterocycles. The molecule has 1 aliphatic rings. The zero-order valence-corrected chi connectivity index (χ0v) is 7.09. The van der Waals surface area contributed by atoms with Gasteiger partial charge >= 0.3 is 5.97 Å². The molecule has 1 heterocycles. The van der Waals surface area contributed by atoms with Gasteiger partial charge in [-0.2, -0.15) is 0 Å². The Labute approximate surface area is 69.9 Å². The number of carbonyl (C=O) groups is 1. The van der Waals surface area contributed by atoms with Gasteiger partial charge in [-0.25, -0.2) is 4.79 Å². The van der Waals surface area contributed by atoms with E-state index in [4.69, 9.17) is 21.1 Å². The Hall–Kier alpha value is -0.540. The first-order valence-electron chi connectivity index (χ1n) is 3.33. The largest absolute Gasteiger partial charge is 0.428 e. The van der Waals surface area contributed by atoms with Crippen LogP contribution in [0.25, 0.3) is 0 Å². The Bertz CT molecular complexity index is 198. The summed E-state index contributed by atoms with van der Waals surface area (Å²) in [6, 6.07) is 0. The average Bonchev–Trinajstić information content (AvgIpc) is 2.10. The van der Waals surface area contributed by atoms with Crippen LogP contribution in [0, 0.1) is 0 Å². The maximum atomic E-state index is 10.7. The van der Waals surface area contributed by atoms with Crippen molar-refractivity contribution in [3.8, 4) is 0 Å². The smallest absolute Gasteiger partial charge is 0.352 e. The number of carbonyl (C=O) groups excluding carboxylic acids is 1. The molecule has 1 rings (SSSR count). The number of hydrogen-bond donors (Lipinski definition) is 0. The molecular weight excluding hydrogens is 168 g/mol. The van der Waals surface area contributed by atoms with Gasteiger partial charge in [-0.1, -0.05) is 11.6 Å². The number of hydrogen-bond acceptors (Lipinski definition) is 3. The van der Waals surface area contributed by atoms with Gasteiger partial charge in [-0.15, -0.1) is 0 Å². The zero-order chi connectivity index (χ0) is 8.43. The number of halogens is 1. The molecule has 0 spiro atoms. The van der Waals surface area contributed by atoms with Crippen LogP contribution in [0.15, 0.2) is 11.1 Å². The molecule has 0 amide bonds. The quantitative estimate of drug-likeness (QED) is 0.597. The van der Waals surface area contributed by atoms with E-state index in [0.717, 1.165) is 0 Å². The minimum absolute atomic E-state index is 0.0200. The van der Waals surface area contributed by atoms with Gasteiger partial charge in [0, 0.05) is 6.08 Å². The lowest BCUT2D eigenvalue weighted by Gasteiger charge is -2.11. The molecule has 4 heteroatoms. The Morgan fingerprint density at radius 3 is 2.73 bits per heavy atom. The van der Waals surface area contributed by atoms with Crippen molar-refractivity contribution in [1.29, 1.82) is 0 Å². The van der Waals surface area contributed by atoms with Crippen molar-refractivity contribution in [2.24, 2.45) is 0 Å². The van der Waals surface area contributed by atoms with Crippen molar-refractivity contribution in [3.63, 3.8) is 0 Å². The molecule has 11 heavy (non-hydrogen) atoms. The van der Waals surface area contributed by atoms with Crippen LogP contribution in [0.4, 0.5) is 0 Å². The first-order valence-corrected chi connectivity index (χ1v) is 3.71. The molecule has 0 aromatic carbocycles. The second kappa shape index (κ2) is 3.24. The Balaban J connectivity index is 2.47. The molecule has 0 bridgehead atoms. The minimum atomic E-state index is -0.602. The second-order valence-electron chi connectivity index (χ2n) is 2.47. The molecule has 1 atom stereocenters. The van der Waals surface area contributed by atoms with Gasteiger partial charge in [0.25, 0.3) is 0 Å². The van der Waals surface area contributed by atoms with Crippen molar-refractivity contribution in [2.75, 3.05) is 0 Å². The van der Waals surface area contributed by atoms with Crippen LogP contribution in [0.3, 0.4) is 0 Å². The third-order valence-electron chi connectivity index (χ3n) is 1.11. The summed E-state index contributed by atoms with van der Waals surface area (Å²) in [4.78, 5) is 10.7. The van der Waals surface area contributed by atoms with Gasteiger partial charge in [0.1, 0.15) is 5.03 Å². The van der Waals surface area contributed by atoms with Crippen LogP contribution >= 0.6 is 11.6 Å². The average molecular weight is 177 g/mol. The molecule has 1 aliphatic heterocycles. The first-order chi connectivity index (χ1) is 5.09. The summed E-state index contributed by atoms with van der Waals surface area (Å²) in [6.45, 7) is 3.71. The zero-order valence-electron chi connectivity index (χ0n) is 6.33. The fourth-order valence-corrected chi connectivity index (χ4v) is 0.866. The summed E-state index contributed by atoms with van der Waals surface area (Å²) in [5.41, 5.74) is 0. The number of cyclic esters (lactones) is 1. The Kier molecular flexibility index (Phi) is 2.52. The molecule has 62 valence electrons. The molecule has 1 unspecified atom stereocenters. The van der Waals surface area contributed by atoms with Crippen molar-refractivity contribution >= 4 is 17.6 Å². The highest BCUT2D eigenvalue weighted by Crippen LogP contribution is 2.18. The highest BCUT2D eigenvalue weighted by molar-refractivity contribution is 6.41. The van der Waals surface area contributed by atoms with E-state index in [9.17, 15) is 4.79 Å². The standard InChI is InChI=1S/C7H9ClO3/c1-4(2)10-6-3-5(8)7(9)11-6/h3-4,6H,1-2H3. The van der Waals surface area contributed by atoms with E-state index < -0.39 is 12.3 Å². The van der Waals surface area contributed by atoms with Crippen LogP contribution < -0.4 is 0 Å². The number of esters is 1. The maximum Gasteiger partial charge on any atom is 0.352 e. The van der Waals surface area contributed by atoms with Crippen molar-refractivity contribution in [2.45, 2.75) is 26.2 Å². The molecule has 0 N–H and O–H groups in total. The lowest BCUT2D eigenvalue weighted by Crippen LogP contribution is -2.16. The van der Waals surface area contributed by atoms with E-state index in [-0.39, 0.29) is 11.1 Å². The van der Waals surface area contributed by atoms with Crippen molar-refractivity contribution in [3.05, 3.63) is 11.1 Å². The fourth-order valence-electron chi connectivity index (χ4n) is 0.719. The van der Waals surface area contributed by atoms with Crippen LogP contribution in [-0.2, 0) is 14.3 Å². The van der Waals surface area contributed by atoms with Gasteiger partial charge in [0.15, 0.2) is 0 Å². The molecule has 0 aliphatic carbocycles. The lowest BCUT2D eigenvalue weighted by atomic mass is 10.4. The van der Waals surface area contributed by atoms with Crippen LogP contribution in [0.1, 0.15) is 13.8 Å². The van der Waals surface area contributed by atoms with E-state index in [1.807, 2.05) is 13.8 Å². The van der Waals surface area contributed by atoms with E-state index in [0.29, 0.717) is 0 Å². The van der Waals surface area contributed by atoms with Crippen LogP contribution in [0.2, 0.25) is 0 Å². The van der Waals surface area contributed by atoms with Gasteiger partial charge in [-0.3, -0.25) is 0 Å². The monoisotopic (exact) mass is 176 g/mol. The van der Waals surface area contributed by atoms with Gasteiger partial charge in [0.2, 0.25) is 6.29 Å². The summed E-state index contributed by atoms with van der Waals surface area (Å²) in [5.74, 6) is -0.516. The highest BCUT2D eigenvalue weighted by atomic mass is 35.5. The Morgan fingerprint density at radius 1 is 1.73 bits per heavy atom. The van der Waals surface area contributed by atoms with Crippen LogP contribution in [0.5, 0.6) is 0 Å². The summed E-state index contributed by atoms with van der Waals surface area (Å²) in [5, 5.41) is 0.0932. The second-order valence-corrected chi connectivity index (χ2v) is 2.88. The topological polar surface area (TPSA) is 35.5 Å². The van der Waals surface area contributed by atoms with E-state index in [2.05, 4.69) is 0 Å². The van der Waals surface area contributed by atoms with Crippen LogP contribution in [-0.4, -0.2) is 18.4 Å².